The maximum Gasteiger partial charge on any atom is 0.142 e. The van der Waals surface area contributed by atoms with Crippen molar-refractivity contribution in [2.75, 3.05) is 18.6 Å². The first-order chi connectivity index (χ1) is 8.74. The molecule has 1 N–H and O–H groups in total. The van der Waals surface area contributed by atoms with E-state index in [1.807, 2.05) is 18.8 Å². The van der Waals surface area contributed by atoms with E-state index in [1.54, 1.807) is 0 Å². The number of aromatic nitrogens is 2. The van der Waals surface area contributed by atoms with Crippen LogP contribution in [0, 0.1) is 6.92 Å². The summed E-state index contributed by atoms with van der Waals surface area (Å²) in [6.07, 6.45) is 1.20. The quantitative estimate of drug-likeness (QED) is 0.920. The highest BCUT2D eigenvalue weighted by molar-refractivity contribution is 8.06. The van der Waals surface area contributed by atoms with Crippen molar-refractivity contribution in [1.29, 1.82) is 0 Å². The molecule has 1 aliphatic rings. The van der Waals surface area contributed by atoms with E-state index in [0.29, 0.717) is 10.5 Å². The SMILES string of the molecule is CCC1SCCSC1c1nc(C)cc(CNC)n1. The summed E-state index contributed by atoms with van der Waals surface area (Å²) in [4.78, 5) is 9.40. The summed E-state index contributed by atoms with van der Waals surface area (Å²) in [6, 6.07) is 2.07. The fraction of sp³-hybridized carbons (Fsp3) is 0.692. The second-order valence-electron chi connectivity index (χ2n) is 4.50. The van der Waals surface area contributed by atoms with Gasteiger partial charge in [-0.05, 0) is 26.5 Å². The van der Waals surface area contributed by atoms with E-state index in [4.69, 9.17) is 4.98 Å². The Morgan fingerprint density at radius 2 is 2.11 bits per heavy atom. The molecule has 0 amide bonds. The Labute approximate surface area is 118 Å². The van der Waals surface area contributed by atoms with Crippen molar-refractivity contribution in [3.05, 3.63) is 23.3 Å². The monoisotopic (exact) mass is 283 g/mol. The Bertz CT molecular complexity index is 398. The number of rotatable bonds is 4. The van der Waals surface area contributed by atoms with Crippen LogP contribution >= 0.6 is 23.5 Å². The minimum atomic E-state index is 0.462. The van der Waals surface area contributed by atoms with Gasteiger partial charge in [0, 0.05) is 29.0 Å². The average molecular weight is 283 g/mol. The van der Waals surface area contributed by atoms with Crippen molar-refractivity contribution in [3.8, 4) is 0 Å². The van der Waals surface area contributed by atoms with Crippen LogP contribution < -0.4 is 5.32 Å². The fourth-order valence-electron chi connectivity index (χ4n) is 2.20. The number of nitrogens with one attached hydrogen (secondary N) is 1. The second kappa shape index (κ2) is 6.78. The first-order valence-electron chi connectivity index (χ1n) is 6.47. The maximum absolute atomic E-state index is 4.74. The largest absolute Gasteiger partial charge is 0.314 e. The summed E-state index contributed by atoms with van der Waals surface area (Å²) in [7, 11) is 1.96. The molecule has 0 saturated carbocycles. The lowest BCUT2D eigenvalue weighted by Gasteiger charge is -2.29. The van der Waals surface area contributed by atoms with Gasteiger partial charge in [-0.3, -0.25) is 0 Å². The van der Waals surface area contributed by atoms with Crippen molar-refractivity contribution >= 4 is 23.5 Å². The van der Waals surface area contributed by atoms with Crippen molar-refractivity contribution in [2.24, 2.45) is 0 Å². The molecule has 2 atom stereocenters. The van der Waals surface area contributed by atoms with E-state index in [-0.39, 0.29) is 0 Å². The number of hydrogen-bond acceptors (Lipinski definition) is 5. The molecule has 1 aromatic heterocycles. The minimum absolute atomic E-state index is 0.462. The molecule has 2 unspecified atom stereocenters. The molecule has 100 valence electrons. The van der Waals surface area contributed by atoms with Gasteiger partial charge >= 0.3 is 0 Å². The Morgan fingerprint density at radius 3 is 2.83 bits per heavy atom. The fourth-order valence-corrected chi connectivity index (χ4v) is 5.19. The smallest absolute Gasteiger partial charge is 0.142 e. The van der Waals surface area contributed by atoms with Gasteiger partial charge in [0.15, 0.2) is 0 Å². The van der Waals surface area contributed by atoms with E-state index in [9.17, 15) is 0 Å². The van der Waals surface area contributed by atoms with Crippen LogP contribution in [-0.4, -0.2) is 33.8 Å². The number of hydrogen-bond donors (Lipinski definition) is 1. The molecule has 5 heteroatoms. The Morgan fingerprint density at radius 1 is 1.33 bits per heavy atom. The predicted molar refractivity (Wildman–Crippen MR) is 81.3 cm³/mol. The lowest BCUT2D eigenvalue weighted by Crippen LogP contribution is -2.21. The molecule has 18 heavy (non-hydrogen) atoms. The van der Waals surface area contributed by atoms with Crippen molar-refractivity contribution in [2.45, 2.75) is 37.3 Å². The summed E-state index contributed by atoms with van der Waals surface area (Å²) in [5.41, 5.74) is 2.18. The average Bonchev–Trinajstić information content (AvgIpc) is 2.38. The lowest BCUT2D eigenvalue weighted by atomic mass is 10.2. The first-order valence-corrected chi connectivity index (χ1v) is 8.56. The van der Waals surface area contributed by atoms with Gasteiger partial charge < -0.3 is 5.32 Å². The van der Waals surface area contributed by atoms with Gasteiger partial charge in [0.25, 0.3) is 0 Å². The molecule has 0 spiro atoms. The van der Waals surface area contributed by atoms with Gasteiger partial charge in [-0.25, -0.2) is 9.97 Å². The molecular formula is C13H21N3S2. The third-order valence-electron chi connectivity index (χ3n) is 2.99. The molecule has 0 radical (unpaired) electrons. The van der Waals surface area contributed by atoms with Gasteiger partial charge in [-0.2, -0.15) is 11.8 Å². The van der Waals surface area contributed by atoms with Crippen LogP contribution in [0.5, 0.6) is 0 Å². The topological polar surface area (TPSA) is 37.8 Å². The predicted octanol–water partition coefficient (Wildman–Crippen LogP) is 2.80. The van der Waals surface area contributed by atoms with Gasteiger partial charge in [0.05, 0.1) is 10.9 Å². The molecule has 0 aromatic carbocycles. The van der Waals surface area contributed by atoms with Gasteiger partial charge in [0.2, 0.25) is 0 Å². The van der Waals surface area contributed by atoms with Crippen LogP contribution in [-0.2, 0) is 6.54 Å². The summed E-state index contributed by atoms with van der Waals surface area (Å²) < 4.78 is 0. The maximum atomic E-state index is 4.74. The number of thioether (sulfide) groups is 2. The van der Waals surface area contributed by atoms with Gasteiger partial charge in [-0.1, -0.05) is 6.92 Å². The van der Waals surface area contributed by atoms with Crippen LogP contribution in [0.1, 0.15) is 35.8 Å². The highest BCUT2D eigenvalue weighted by atomic mass is 32.2. The van der Waals surface area contributed by atoms with Crippen molar-refractivity contribution in [3.63, 3.8) is 0 Å². The molecule has 0 bridgehead atoms. The molecule has 1 saturated heterocycles. The van der Waals surface area contributed by atoms with E-state index in [1.165, 1.54) is 17.9 Å². The third kappa shape index (κ3) is 3.39. The summed E-state index contributed by atoms with van der Waals surface area (Å²) >= 11 is 4.09. The summed E-state index contributed by atoms with van der Waals surface area (Å²) in [5.74, 6) is 3.50. The molecule has 3 nitrogen and oxygen atoms in total. The van der Waals surface area contributed by atoms with Crippen LogP contribution in [0.4, 0.5) is 0 Å². The van der Waals surface area contributed by atoms with E-state index in [0.717, 1.165) is 23.8 Å². The van der Waals surface area contributed by atoms with E-state index < -0.39 is 0 Å². The molecule has 1 aliphatic heterocycles. The highest BCUT2D eigenvalue weighted by Gasteiger charge is 2.28. The van der Waals surface area contributed by atoms with Crippen molar-refractivity contribution in [1.82, 2.24) is 15.3 Å². The molecule has 1 fully saturated rings. The molecule has 1 aromatic rings. The minimum Gasteiger partial charge on any atom is -0.314 e. The third-order valence-corrected chi connectivity index (χ3v) is 6.23. The highest BCUT2D eigenvalue weighted by Crippen LogP contribution is 2.42. The zero-order chi connectivity index (χ0) is 13.0. The van der Waals surface area contributed by atoms with Crippen LogP contribution in [0.15, 0.2) is 6.07 Å². The number of nitrogens with zero attached hydrogens (tertiary/aromatic N) is 2. The molecule has 2 heterocycles. The van der Waals surface area contributed by atoms with Gasteiger partial charge in [-0.15, -0.1) is 11.8 Å². The second-order valence-corrected chi connectivity index (χ2v) is 7.09. The van der Waals surface area contributed by atoms with E-state index in [2.05, 4.69) is 42.0 Å². The Kier molecular flexibility index (Phi) is 5.33. The Hall–Kier alpha value is -0.260. The first kappa shape index (κ1) is 14.2. The summed E-state index contributed by atoms with van der Waals surface area (Å²) in [5, 5.41) is 4.29. The normalized spacial score (nSPS) is 24.2. The van der Waals surface area contributed by atoms with Crippen LogP contribution in [0.3, 0.4) is 0 Å². The Balaban J connectivity index is 2.24. The zero-order valence-corrected chi connectivity index (χ0v) is 12.9. The molecule has 0 aliphatic carbocycles. The van der Waals surface area contributed by atoms with Crippen molar-refractivity contribution < 1.29 is 0 Å². The molecular weight excluding hydrogens is 262 g/mol. The standard InChI is InChI=1S/C13H21N3S2/c1-4-11-12(18-6-5-17-11)13-15-9(2)7-10(16-13)8-14-3/h7,11-12,14H,4-6,8H2,1-3H3. The zero-order valence-electron chi connectivity index (χ0n) is 11.3. The molecule has 2 rings (SSSR count). The number of aryl methyl sites for hydroxylation is 1. The van der Waals surface area contributed by atoms with E-state index >= 15 is 0 Å². The van der Waals surface area contributed by atoms with Crippen LogP contribution in [0.25, 0.3) is 0 Å². The van der Waals surface area contributed by atoms with Gasteiger partial charge in [0.1, 0.15) is 5.82 Å². The van der Waals surface area contributed by atoms with Crippen LogP contribution in [0.2, 0.25) is 0 Å². The summed E-state index contributed by atoms with van der Waals surface area (Å²) in [6.45, 7) is 5.14. The lowest BCUT2D eigenvalue weighted by molar-refractivity contribution is 0.716.